The van der Waals surface area contributed by atoms with E-state index in [9.17, 15) is 0 Å². The van der Waals surface area contributed by atoms with E-state index in [4.69, 9.17) is 11.6 Å². The molecule has 5 rings (SSSR count). The molecule has 1 heterocycles. The summed E-state index contributed by atoms with van der Waals surface area (Å²) in [5.41, 5.74) is 5.02. The monoisotopic (exact) mass is 381 g/mol. The second-order valence-corrected chi connectivity index (χ2v) is 6.96. The zero-order valence-corrected chi connectivity index (χ0v) is 15.7. The average molecular weight is 382 g/mol. The Labute approximate surface area is 167 Å². The molecule has 0 bridgehead atoms. The van der Waals surface area contributed by atoms with E-state index in [-0.39, 0.29) is 0 Å². The summed E-state index contributed by atoms with van der Waals surface area (Å²) in [6, 6.07) is 28.2. The summed E-state index contributed by atoms with van der Waals surface area (Å²) in [4.78, 5) is 4.60. The average Bonchev–Trinajstić information content (AvgIpc) is 2.76. The molecule has 0 amide bonds. The van der Waals surface area contributed by atoms with Gasteiger partial charge in [0.1, 0.15) is 5.82 Å². The van der Waals surface area contributed by atoms with Crippen molar-refractivity contribution in [3.63, 3.8) is 0 Å². The van der Waals surface area contributed by atoms with Crippen LogP contribution in [0.4, 0.5) is 5.82 Å². The van der Waals surface area contributed by atoms with Crippen LogP contribution in [0, 0.1) is 0 Å². The number of rotatable bonds is 3. The van der Waals surface area contributed by atoms with Crippen molar-refractivity contribution in [2.75, 3.05) is 5.43 Å². The number of halogens is 1. The zero-order valence-electron chi connectivity index (χ0n) is 14.9. The minimum atomic E-state index is 0.706. The number of hydrazone groups is 1. The molecule has 0 aliphatic rings. The van der Waals surface area contributed by atoms with Gasteiger partial charge in [0.2, 0.25) is 0 Å². The molecule has 4 aromatic carbocycles. The van der Waals surface area contributed by atoms with Crippen molar-refractivity contribution in [2.24, 2.45) is 5.10 Å². The number of pyridine rings is 1. The molecule has 0 atom stereocenters. The molecular weight excluding hydrogens is 366 g/mol. The summed E-state index contributed by atoms with van der Waals surface area (Å²) >= 11 is 6.66. The smallest absolute Gasteiger partial charge is 0.146 e. The number of hydrogen-bond acceptors (Lipinski definition) is 3. The number of nitrogens with zero attached hydrogens (tertiary/aromatic N) is 2. The molecule has 0 saturated heterocycles. The molecule has 0 fully saturated rings. The van der Waals surface area contributed by atoms with E-state index in [1.54, 1.807) is 0 Å². The van der Waals surface area contributed by atoms with Crippen LogP contribution in [0.2, 0.25) is 5.02 Å². The highest BCUT2D eigenvalue weighted by Gasteiger charge is 2.10. The second-order valence-electron chi connectivity index (χ2n) is 6.58. The first-order valence-corrected chi connectivity index (χ1v) is 9.43. The van der Waals surface area contributed by atoms with Crippen LogP contribution in [-0.2, 0) is 0 Å². The molecule has 1 N–H and O–H groups in total. The Morgan fingerprint density at radius 3 is 2.04 bits per heavy atom. The van der Waals surface area contributed by atoms with Crippen LogP contribution in [0.5, 0.6) is 0 Å². The molecule has 134 valence electrons. The highest BCUT2D eigenvalue weighted by Crippen LogP contribution is 2.35. The summed E-state index contributed by atoms with van der Waals surface area (Å²) in [5.74, 6) is 0.706. The first kappa shape index (κ1) is 16.7. The molecule has 0 unspecified atom stereocenters. The van der Waals surface area contributed by atoms with E-state index < -0.39 is 0 Å². The fraction of sp³-hybridized carbons (Fsp3) is 0. The Balaban J connectivity index is 1.59. The number of hydrogen-bond donors (Lipinski definition) is 1. The van der Waals surface area contributed by atoms with E-state index in [1.807, 2.05) is 79.0 Å². The molecule has 3 nitrogen and oxygen atoms in total. The Bertz CT molecular complexity index is 1300. The topological polar surface area (TPSA) is 37.3 Å². The largest absolute Gasteiger partial charge is 0.261 e. The van der Waals surface area contributed by atoms with Gasteiger partial charge in [0.05, 0.1) is 16.8 Å². The van der Waals surface area contributed by atoms with Gasteiger partial charge in [-0.15, -0.1) is 0 Å². The molecular formula is C24H16ClN3. The van der Waals surface area contributed by atoms with Gasteiger partial charge in [0.15, 0.2) is 0 Å². The summed E-state index contributed by atoms with van der Waals surface area (Å²) in [7, 11) is 0. The van der Waals surface area contributed by atoms with Gasteiger partial charge in [-0.05, 0) is 29.0 Å². The normalized spacial score (nSPS) is 11.6. The molecule has 28 heavy (non-hydrogen) atoms. The molecule has 0 aliphatic heterocycles. The Morgan fingerprint density at radius 1 is 0.714 bits per heavy atom. The number of para-hydroxylation sites is 1. The SMILES string of the molecule is Clc1c2ccccc2c(/C=N\Nc2ccc3ccccc3n2)c2ccccc12. The lowest BCUT2D eigenvalue weighted by molar-refractivity contribution is 1.27. The van der Waals surface area contributed by atoms with Crippen molar-refractivity contribution in [3.8, 4) is 0 Å². The summed E-state index contributed by atoms with van der Waals surface area (Å²) < 4.78 is 0. The molecule has 4 heteroatoms. The van der Waals surface area contributed by atoms with Gasteiger partial charge < -0.3 is 0 Å². The number of nitrogens with one attached hydrogen (secondary N) is 1. The molecule has 0 aliphatic carbocycles. The van der Waals surface area contributed by atoms with Gasteiger partial charge in [-0.1, -0.05) is 78.3 Å². The third-order valence-electron chi connectivity index (χ3n) is 4.88. The van der Waals surface area contributed by atoms with Crippen molar-refractivity contribution >= 4 is 56.1 Å². The maximum Gasteiger partial charge on any atom is 0.146 e. The van der Waals surface area contributed by atoms with E-state index in [2.05, 4.69) is 27.6 Å². The summed E-state index contributed by atoms with van der Waals surface area (Å²) in [6.45, 7) is 0. The van der Waals surface area contributed by atoms with Gasteiger partial charge in [-0.25, -0.2) is 4.98 Å². The third kappa shape index (κ3) is 2.86. The standard InChI is InChI=1S/C24H16ClN3/c25-24-19-10-4-2-8-17(19)21(18-9-3-5-11-20(18)24)15-26-28-23-14-13-16-7-1-6-12-22(16)27-23/h1-15H,(H,27,28)/b26-15-. The van der Waals surface area contributed by atoms with Gasteiger partial charge >= 0.3 is 0 Å². The maximum atomic E-state index is 6.66. The number of benzene rings is 4. The Kier molecular flexibility index (Phi) is 4.15. The van der Waals surface area contributed by atoms with E-state index in [0.29, 0.717) is 5.82 Å². The van der Waals surface area contributed by atoms with Crippen molar-refractivity contribution < 1.29 is 0 Å². The Morgan fingerprint density at radius 2 is 1.32 bits per heavy atom. The minimum Gasteiger partial charge on any atom is -0.261 e. The first-order chi connectivity index (χ1) is 13.8. The van der Waals surface area contributed by atoms with Crippen molar-refractivity contribution in [2.45, 2.75) is 0 Å². The number of anilines is 1. The number of fused-ring (bicyclic) bond motifs is 3. The van der Waals surface area contributed by atoms with Gasteiger partial charge in [0, 0.05) is 21.7 Å². The lowest BCUT2D eigenvalue weighted by Gasteiger charge is -2.10. The molecule has 1 aromatic heterocycles. The van der Waals surface area contributed by atoms with Crippen LogP contribution in [-0.4, -0.2) is 11.2 Å². The van der Waals surface area contributed by atoms with E-state index >= 15 is 0 Å². The second kappa shape index (κ2) is 6.95. The van der Waals surface area contributed by atoms with Crippen molar-refractivity contribution in [3.05, 3.63) is 95.5 Å². The predicted octanol–water partition coefficient (Wildman–Crippen LogP) is 6.64. The lowest BCUT2D eigenvalue weighted by Crippen LogP contribution is -1.95. The van der Waals surface area contributed by atoms with Gasteiger partial charge in [-0.2, -0.15) is 5.10 Å². The van der Waals surface area contributed by atoms with E-state index in [0.717, 1.165) is 43.0 Å². The maximum absolute atomic E-state index is 6.66. The van der Waals surface area contributed by atoms with Crippen LogP contribution >= 0.6 is 11.6 Å². The van der Waals surface area contributed by atoms with Crippen LogP contribution < -0.4 is 5.43 Å². The van der Waals surface area contributed by atoms with Gasteiger partial charge in [-0.3, -0.25) is 5.43 Å². The lowest BCUT2D eigenvalue weighted by atomic mass is 9.97. The third-order valence-corrected chi connectivity index (χ3v) is 5.29. The van der Waals surface area contributed by atoms with Crippen molar-refractivity contribution in [1.29, 1.82) is 0 Å². The highest BCUT2D eigenvalue weighted by molar-refractivity contribution is 6.42. The van der Waals surface area contributed by atoms with Gasteiger partial charge in [0.25, 0.3) is 0 Å². The zero-order chi connectivity index (χ0) is 18.9. The predicted molar refractivity (Wildman–Crippen MR) is 119 cm³/mol. The molecule has 5 aromatic rings. The highest BCUT2D eigenvalue weighted by atomic mass is 35.5. The fourth-order valence-electron chi connectivity index (χ4n) is 3.54. The summed E-state index contributed by atoms with van der Waals surface area (Å²) in [5, 5.41) is 10.5. The molecule has 0 saturated carbocycles. The molecule has 0 radical (unpaired) electrons. The summed E-state index contributed by atoms with van der Waals surface area (Å²) in [6.07, 6.45) is 1.85. The first-order valence-electron chi connectivity index (χ1n) is 9.05. The van der Waals surface area contributed by atoms with Crippen LogP contribution in [0.15, 0.2) is 90.0 Å². The molecule has 0 spiro atoms. The fourth-order valence-corrected chi connectivity index (χ4v) is 3.87. The Hall–Kier alpha value is -3.43. The quantitative estimate of drug-likeness (QED) is 0.216. The van der Waals surface area contributed by atoms with Crippen LogP contribution in [0.1, 0.15) is 5.56 Å². The van der Waals surface area contributed by atoms with E-state index in [1.165, 1.54) is 0 Å². The number of aromatic nitrogens is 1. The van der Waals surface area contributed by atoms with Crippen LogP contribution in [0.3, 0.4) is 0 Å². The van der Waals surface area contributed by atoms with Crippen LogP contribution in [0.25, 0.3) is 32.4 Å². The van der Waals surface area contributed by atoms with Crippen molar-refractivity contribution in [1.82, 2.24) is 4.98 Å². The minimum absolute atomic E-state index is 0.706.